The molecule has 0 aliphatic carbocycles. The van der Waals surface area contributed by atoms with E-state index in [2.05, 4.69) is 15.6 Å². The van der Waals surface area contributed by atoms with Gasteiger partial charge in [0.2, 0.25) is 0 Å². The largest absolute Gasteiger partial charge is 0.484 e. The summed E-state index contributed by atoms with van der Waals surface area (Å²) in [4.78, 5) is 32.4. The Morgan fingerprint density at radius 1 is 0.946 bits per heavy atom. The lowest BCUT2D eigenvalue weighted by atomic mass is 10.0. The number of hydrogen-bond donors (Lipinski definition) is 2. The molecular formula is C30H36N4O3. The summed E-state index contributed by atoms with van der Waals surface area (Å²) in [5.41, 5.74) is 3.30. The molecule has 0 radical (unpaired) electrons. The van der Waals surface area contributed by atoms with E-state index in [1.54, 1.807) is 12.3 Å². The number of pyridine rings is 1. The van der Waals surface area contributed by atoms with Crippen LogP contribution in [0.4, 0.5) is 5.69 Å². The van der Waals surface area contributed by atoms with Crippen molar-refractivity contribution in [1.82, 2.24) is 15.6 Å². The van der Waals surface area contributed by atoms with Crippen LogP contribution in [0.25, 0.3) is 0 Å². The molecule has 3 aromatic rings. The number of anilines is 1. The molecule has 0 unspecified atom stereocenters. The number of nitrogens with one attached hydrogen (secondary N) is 2. The van der Waals surface area contributed by atoms with Crippen LogP contribution in [0, 0.1) is 0 Å². The number of carbonyl (C=O) groups is 2. The van der Waals surface area contributed by atoms with Crippen molar-refractivity contribution >= 4 is 17.5 Å². The van der Waals surface area contributed by atoms with Gasteiger partial charge in [0.15, 0.2) is 6.61 Å². The standard InChI is InChI=1S/C30H36N4O3/c35-29(23-37-27-12-5-4-6-13-27)34-20-10-3-1-2-8-17-31-22-25-21-24(14-15-28(25)34)30(36)33-19-16-26-11-7-9-18-32-26/h4-7,9,11-15,18,21,31H,1-3,8,10,16-17,19-20,22-23H2,(H,33,36). The van der Waals surface area contributed by atoms with Crippen LogP contribution < -0.4 is 20.3 Å². The second-order valence-electron chi connectivity index (χ2n) is 9.26. The minimum absolute atomic E-state index is 0.0351. The third-order valence-electron chi connectivity index (χ3n) is 6.48. The normalized spacial score (nSPS) is 14.5. The Hall–Kier alpha value is -3.71. The molecule has 0 saturated heterocycles. The molecule has 2 aromatic carbocycles. The van der Waals surface area contributed by atoms with Gasteiger partial charge in [-0.15, -0.1) is 0 Å². The highest BCUT2D eigenvalue weighted by Crippen LogP contribution is 2.25. The molecule has 2 amide bonds. The van der Waals surface area contributed by atoms with Crippen molar-refractivity contribution in [3.8, 4) is 5.75 Å². The van der Waals surface area contributed by atoms with Gasteiger partial charge in [0.05, 0.1) is 0 Å². The molecule has 1 aromatic heterocycles. The third-order valence-corrected chi connectivity index (χ3v) is 6.48. The number of hydrogen-bond acceptors (Lipinski definition) is 5. The number of ether oxygens (including phenoxy) is 1. The first kappa shape index (κ1) is 26.4. The van der Waals surface area contributed by atoms with Gasteiger partial charge in [-0.05, 0) is 67.4 Å². The van der Waals surface area contributed by atoms with Gasteiger partial charge in [0.1, 0.15) is 5.75 Å². The molecule has 4 rings (SSSR count). The molecule has 0 atom stereocenters. The average Bonchev–Trinajstić information content (AvgIpc) is 2.93. The lowest BCUT2D eigenvalue weighted by Gasteiger charge is -2.26. The maximum Gasteiger partial charge on any atom is 0.264 e. The van der Waals surface area contributed by atoms with Gasteiger partial charge in [-0.2, -0.15) is 0 Å². The second-order valence-corrected chi connectivity index (χ2v) is 9.26. The topological polar surface area (TPSA) is 83.6 Å². The second kappa shape index (κ2) is 14.1. The van der Waals surface area contributed by atoms with E-state index in [4.69, 9.17) is 4.74 Å². The van der Waals surface area contributed by atoms with Crippen LogP contribution in [0.1, 0.15) is 53.7 Å². The van der Waals surface area contributed by atoms with E-state index in [1.165, 1.54) is 6.42 Å². The monoisotopic (exact) mass is 500 g/mol. The van der Waals surface area contributed by atoms with Crippen molar-refractivity contribution < 1.29 is 14.3 Å². The molecule has 1 aliphatic heterocycles. The van der Waals surface area contributed by atoms with E-state index in [0.29, 0.717) is 37.4 Å². The Kier molecular flexibility index (Phi) is 10.1. The van der Waals surface area contributed by atoms with Gasteiger partial charge >= 0.3 is 0 Å². The molecule has 2 N–H and O–H groups in total. The number of fused-ring (bicyclic) bond motifs is 1. The lowest BCUT2D eigenvalue weighted by molar-refractivity contribution is -0.120. The molecule has 0 spiro atoms. The summed E-state index contributed by atoms with van der Waals surface area (Å²) in [6.45, 7) is 2.59. The van der Waals surface area contributed by atoms with Crippen LogP contribution in [0.5, 0.6) is 5.75 Å². The predicted octanol–water partition coefficient (Wildman–Crippen LogP) is 4.52. The number of amides is 2. The molecule has 7 nitrogen and oxygen atoms in total. The number of benzene rings is 2. The molecule has 2 heterocycles. The third kappa shape index (κ3) is 8.15. The van der Waals surface area contributed by atoms with Crippen molar-refractivity contribution in [1.29, 1.82) is 0 Å². The zero-order valence-corrected chi connectivity index (χ0v) is 21.3. The Morgan fingerprint density at radius 2 is 1.76 bits per heavy atom. The quantitative estimate of drug-likeness (QED) is 0.498. The summed E-state index contributed by atoms with van der Waals surface area (Å²) >= 11 is 0. The van der Waals surface area contributed by atoms with E-state index in [1.807, 2.05) is 65.6 Å². The molecular weight excluding hydrogens is 464 g/mol. The molecule has 0 bridgehead atoms. The summed E-state index contributed by atoms with van der Waals surface area (Å²) in [7, 11) is 0. The van der Waals surface area contributed by atoms with Gasteiger partial charge in [-0.3, -0.25) is 14.6 Å². The lowest BCUT2D eigenvalue weighted by Crippen LogP contribution is -2.37. The Morgan fingerprint density at radius 3 is 2.59 bits per heavy atom. The van der Waals surface area contributed by atoms with Gasteiger partial charge in [0.25, 0.3) is 11.8 Å². The van der Waals surface area contributed by atoms with Crippen LogP contribution in [0.2, 0.25) is 0 Å². The summed E-state index contributed by atoms with van der Waals surface area (Å²) in [5, 5.41) is 6.49. The van der Waals surface area contributed by atoms with E-state index < -0.39 is 0 Å². The van der Waals surface area contributed by atoms with Gasteiger partial charge in [-0.25, -0.2) is 0 Å². The zero-order chi connectivity index (χ0) is 25.7. The molecule has 1 aliphatic rings. The van der Waals surface area contributed by atoms with Gasteiger partial charge < -0.3 is 20.3 Å². The van der Waals surface area contributed by atoms with E-state index in [0.717, 1.165) is 49.2 Å². The van der Waals surface area contributed by atoms with E-state index in [-0.39, 0.29) is 18.4 Å². The smallest absolute Gasteiger partial charge is 0.264 e. The molecule has 194 valence electrons. The summed E-state index contributed by atoms with van der Waals surface area (Å²) in [5.74, 6) is 0.453. The fraction of sp³-hybridized carbons (Fsp3) is 0.367. The summed E-state index contributed by atoms with van der Waals surface area (Å²) in [6, 6.07) is 20.8. The van der Waals surface area contributed by atoms with Crippen LogP contribution in [0.3, 0.4) is 0 Å². The predicted molar refractivity (Wildman–Crippen MR) is 146 cm³/mol. The molecule has 0 saturated carbocycles. The number of para-hydroxylation sites is 1. The average molecular weight is 501 g/mol. The van der Waals surface area contributed by atoms with Crippen LogP contribution in [-0.4, -0.2) is 43.0 Å². The minimum atomic E-state index is -0.130. The zero-order valence-electron chi connectivity index (χ0n) is 21.3. The number of nitrogens with zero attached hydrogens (tertiary/aromatic N) is 2. The van der Waals surface area contributed by atoms with Gasteiger partial charge in [-0.1, -0.05) is 43.5 Å². The van der Waals surface area contributed by atoms with Crippen molar-refractivity contribution in [3.05, 3.63) is 89.7 Å². The van der Waals surface area contributed by atoms with Crippen molar-refractivity contribution in [3.63, 3.8) is 0 Å². The van der Waals surface area contributed by atoms with E-state index >= 15 is 0 Å². The fourth-order valence-corrected chi connectivity index (χ4v) is 4.48. The number of carbonyl (C=O) groups excluding carboxylic acids is 2. The Labute approximate surface area is 219 Å². The van der Waals surface area contributed by atoms with Crippen molar-refractivity contribution in [2.24, 2.45) is 0 Å². The Bertz CT molecular complexity index is 1140. The number of rotatable bonds is 7. The van der Waals surface area contributed by atoms with Crippen LogP contribution >= 0.6 is 0 Å². The maximum absolute atomic E-state index is 13.3. The highest BCUT2D eigenvalue weighted by atomic mass is 16.5. The van der Waals surface area contributed by atoms with Crippen LogP contribution in [0.15, 0.2) is 72.9 Å². The first-order valence-corrected chi connectivity index (χ1v) is 13.2. The fourth-order valence-electron chi connectivity index (χ4n) is 4.48. The maximum atomic E-state index is 13.3. The van der Waals surface area contributed by atoms with Crippen molar-refractivity contribution in [2.75, 3.05) is 31.1 Å². The first-order chi connectivity index (χ1) is 18.2. The summed E-state index contributed by atoms with van der Waals surface area (Å²) < 4.78 is 5.78. The van der Waals surface area contributed by atoms with E-state index in [9.17, 15) is 9.59 Å². The molecule has 0 fully saturated rings. The molecule has 37 heavy (non-hydrogen) atoms. The Balaban J connectivity index is 1.49. The first-order valence-electron chi connectivity index (χ1n) is 13.2. The molecule has 7 heteroatoms. The minimum Gasteiger partial charge on any atom is -0.484 e. The van der Waals surface area contributed by atoms with Crippen molar-refractivity contribution in [2.45, 2.75) is 45.1 Å². The van der Waals surface area contributed by atoms with Crippen LogP contribution in [-0.2, 0) is 17.8 Å². The van der Waals surface area contributed by atoms with Gasteiger partial charge in [0, 0.05) is 49.2 Å². The summed E-state index contributed by atoms with van der Waals surface area (Å²) in [6.07, 6.45) is 7.89. The number of aromatic nitrogens is 1. The SMILES string of the molecule is O=C(NCCc1ccccn1)c1ccc2c(c1)CNCCCCCCCN2C(=O)COc1ccccc1. The highest BCUT2D eigenvalue weighted by Gasteiger charge is 2.21. The highest BCUT2D eigenvalue weighted by molar-refractivity contribution is 5.98.